The van der Waals surface area contributed by atoms with Crippen LogP contribution >= 0.6 is 39.7 Å². The lowest BCUT2D eigenvalue weighted by atomic mass is 10.2. The molecule has 2 aromatic carbocycles. The summed E-state index contributed by atoms with van der Waals surface area (Å²) in [7, 11) is 0. The molecule has 116 valence electrons. The van der Waals surface area contributed by atoms with Gasteiger partial charge in [-0.2, -0.15) is 14.9 Å². The Kier molecular flexibility index (Phi) is 4.61. The van der Waals surface area contributed by atoms with Gasteiger partial charge in [-0.15, -0.1) is 0 Å². The summed E-state index contributed by atoms with van der Waals surface area (Å²) in [5, 5.41) is 21.7. The third kappa shape index (κ3) is 3.52. The Morgan fingerprint density at radius 1 is 1.30 bits per heavy atom. The second-order valence-corrected chi connectivity index (χ2v) is 6.36. The van der Waals surface area contributed by atoms with Crippen molar-refractivity contribution in [2.75, 3.05) is 0 Å². The lowest BCUT2D eigenvalue weighted by Crippen LogP contribution is -1.95. The Labute approximate surface area is 150 Å². The molecule has 0 saturated heterocycles. The van der Waals surface area contributed by atoms with Crippen molar-refractivity contribution in [1.82, 2.24) is 14.9 Å². The van der Waals surface area contributed by atoms with Crippen LogP contribution < -0.4 is 0 Å². The van der Waals surface area contributed by atoms with E-state index >= 15 is 0 Å². The predicted octanol–water partition coefficient (Wildman–Crippen LogP) is 4.61. The third-order valence-corrected chi connectivity index (χ3v) is 4.03. The van der Waals surface area contributed by atoms with E-state index in [1.807, 2.05) is 12.1 Å². The maximum atomic E-state index is 9.87. The van der Waals surface area contributed by atoms with Crippen molar-refractivity contribution in [2.45, 2.75) is 0 Å². The van der Waals surface area contributed by atoms with Crippen molar-refractivity contribution in [3.05, 3.63) is 62.3 Å². The van der Waals surface area contributed by atoms with Crippen molar-refractivity contribution in [3.63, 3.8) is 0 Å². The highest BCUT2D eigenvalue weighted by molar-refractivity contribution is 9.10. The Bertz CT molecular complexity index is 951. The average molecular weight is 410 g/mol. The van der Waals surface area contributed by atoms with Crippen molar-refractivity contribution >= 4 is 46.0 Å². The maximum Gasteiger partial charge on any atom is 0.216 e. The minimum atomic E-state index is 0.122. The Hall–Kier alpha value is -1.96. The number of phenols is 1. The van der Waals surface area contributed by atoms with Crippen molar-refractivity contribution < 1.29 is 5.11 Å². The molecular formula is C15H10BrClN4OS. The minimum Gasteiger partial charge on any atom is -0.507 e. The Morgan fingerprint density at radius 2 is 2.13 bits per heavy atom. The van der Waals surface area contributed by atoms with E-state index in [1.54, 1.807) is 30.3 Å². The van der Waals surface area contributed by atoms with Crippen LogP contribution in [0.15, 0.2) is 52.0 Å². The van der Waals surface area contributed by atoms with Gasteiger partial charge in [0.1, 0.15) is 5.75 Å². The fraction of sp³-hybridized carbons (Fsp3) is 0. The number of hydrogen-bond acceptors (Lipinski definition) is 4. The summed E-state index contributed by atoms with van der Waals surface area (Å²) in [6, 6.07) is 12.3. The van der Waals surface area contributed by atoms with E-state index in [4.69, 9.17) is 23.8 Å². The molecule has 1 aromatic heterocycles. The summed E-state index contributed by atoms with van der Waals surface area (Å²) in [4.78, 5) is 0. The normalized spacial score (nSPS) is 11.2. The van der Waals surface area contributed by atoms with Crippen molar-refractivity contribution in [2.24, 2.45) is 5.10 Å². The van der Waals surface area contributed by atoms with E-state index in [1.165, 1.54) is 10.9 Å². The van der Waals surface area contributed by atoms with E-state index in [0.29, 0.717) is 21.2 Å². The molecule has 1 heterocycles. The lowest BCUT2D eigenvalue weighted by molar-refractivity contribution is 0.474. The second kappa shape index (κ2) is 6.66. The number of H-pyrrole nitrogens is 1. The zero-order chi connectivity index (χ0) is 16.4. The van der Waals surface area contributed by atoms with Crippen LogP contribution in [0.25, 0.3) is 11.4 Å². The summed E-state index contributed by atoms with van der Waals surface area (Å²) < 4.78 is 2.65. The monoisotopic (exact) mass is 408 g/mol. The fourth-order valence-corrected chi connectivity index (χ4v) is 2.71. The van der Waals surface area contributed by atoms with Gasteiger partial charge in [0.05, 0.1) is 6.21 Å². The summed E-state index contributed by atoms with van der Waals surface area (Å²) in [6.45, 7) is 0. The molecule has 0 aliphatic rings. The third-order valence-electron chi connectivity index (χ3n) is 3.04. The minimum absolute atomic E-state index is 0.122. The SMILES string of the molecule is Oc1ccc(Br)cc1/C=N/n1c(-c2cccc(Cl)c2)n[nH]c1=S. The molecule has 3 rings (SSSR count). The first-order chi connectivity index (χ1) is 11.0. The van der Waals surface area contributed by atoms with Gasteiger partial charge in [0.15, 0.2) is 5.82 Å². The fourth-order valence-electron chi connectivity index (χ4n) is 1.96. The molecule has 0 fully saturated rings. The number of aromatic amines is 1. The van der Waals surface area contributed by atoms with Gasteiger partial charge in [0.25, 0.3) is 0 Å². The molecule has 23 heavy (non-hydrogen) atoms. The van der Waals surface area contributed by atoms with Crippen LogP contribution in [0.1, 0.15) is 5.56 Å². The highest BCUT2D eigenvalue weighted by atomic mass is 79.9. The molecular weight excluding hydrogens is 400 g/mol. The van der Waals surface area contributed by atoms with Crippen LogP contribution in [0, 0.1) is 4.77 Å². The highest BCUT2D eigenvalue weighted by Crippen LogP contribution is 2.22. The Morgan fingerprint density at radius 3 is 2.91 bits per heavy atom. The average Bonchev–Trinajstić information content (AvgIpc) is 2.89. The molecule has 0 bridgehead atoms. The number of hydrogen-bond donors (Lipinski definition) is 2. The van der Waals surface area contributed by atoms with Crippen LogP contribution in [0.2, 0.25) is 5.02 Å². The van der Waals surface area contributed by atoms with E-state index in [2.05, 4.69) is 31.2 Å². The Balaban J connectivity index is 2.04. The molecule has 0 atom stereocenters. The molecule has 5 nitrogen and oxygen atoms in total. The first-order valence-corrected chi connectivity index (χ1v) is 8.09. The summed E-state index contributed by atoms with van der Waals surface area (Å²) in [5.41, 5.74) is 1.33. The summed E-state index contributed by atoms with van der Waals surface area (Å²) >= 11 is 14.6. The number of nitrogens with one attached hydrogen (secondary N) is 1. The molecule has 0 aliphatic carbocycles. The van der Waals surface area contributed by atoms with Crippen molar-refractivity contribution in [1.29, 1.82) is 0 Å². The van der Waals surface area contributed by atoms with Gasteiger partial charge in [0.2, 0.25) is 4.77 Å². The molecule has 0 unspecified atom stereocenters. The lowest BCUT2D eigenvalue weighted by Gasteiger charge is -2.02. The zero-order valence-electron chi connectivity index (χ0n) is 11.6. The van der Waals surface area contributed by atoms with Crippen LogP contribution in [0.5, 0.6) is 5.75 Å². The van der Waals surface area contributed by atoms with Crippen LogP contribution in [0.3, 0.4) is 0 Å². The van der Waals surface area contributed by atoms with Gasteiger partial charge in [-0.05, 0) is 42.5 Å². The summed E-state index contributed by atoms with van der Waals surface area (Å²) in [6.07, 6.45) is 1.51. The molecule has 2 N–H and O–H groups in total. The van der Waals surface area contributed by atoms with Gasteiger partial charge >= 0.3 is 0 Å². The first-order valence-electron chi connectivity index (χ1n) is 6.51. The van der Waals surface area contributed by atoms with E-state index in [0.717, 1.165) is 10.0 Å². The molecule has 3 aromatic rings. The van der Waals surface area contributed by atoms with Gasteiger partial charge in [0, 0.05) is 20.6 Å². The van der Waals surface area contributed by atoms with E-state index < -0.39 is 0 Å². The number of aromatic nitrogens is 3. The van der Waals surface area contributed by atoms with Gasteiger partial charge in [-0.1, -0.05) is 39.7 Å². The number of rotatable bonds is 3. The number of benzene rings is 2. The van der Waals surface area contributed by atoms with Crippen LogP contribution in [-0.2, 0) is 0 Å². The summed E-state index contributed by atoms with van der Waals surface area (Å²) in [5.74, 6) is 0.652. The topological polar surface area (TPSA) is 66.2 Å². The van der Waals surface area contributed by atoms with Crippen molar-refractivity contribution in [3.8, 4) is 17.1 Å². The quantitative estimate of drug-likeness (QED) is 0.490. The van der Waals surface area contributed by atoms with Gasteiger partial charge in [-0.3, -0.25) is 0 Å². The molecule has 8 heteroatoms. The zero-order valence-corrected chi connectivity index (χ0v) is 14.7. The number of halogens is 2. The van der Waals surface area contributed by atoms with Crippen LogP contribution in [-0.4, -0.2) is 26.2 Å². The molecule has 0 aliphatic heterocycles. The number of phenolic OH excluding ortho intramolecular Hbond substituents is 1. The molecule has 0 amide bonds. The largest absolute Gasteiger partial charge is 0.507 e. The number of aromatic hydroxyl groups is 1. The first kappa shape index (κ1) is 15.9. The molecule has 0 radical (unpaired) electrons. The van der Waals surface area contributed by atoms with E-state index in [9.17, 15) is 5.11 Å². The maximum absolute atomic E-state index is 9.87. The second-order valence-electron chi connectivity index (χ2n) is 4.62. The highest BCUT2D eigenvalue weighted by Gasteiger charge is 2.08. The molecule has 0 spiro atoms. The molecule has 0 saturated carbocycles. The van der Waals surface area contributed by atoms with E-state index in [-0.39, 0.29) is 5.75 Å². The van der Waals surface area contributed by atoms with Gasteiger partial charge < -0.3 is 5.11 Å². The smallest absolute Gasteiger partial charge is 0.216 e. The van der Waals surface area contributed by atoms with Gasteiger partial charge in [-0.25, -0.2) is 5.10 Å². The standard InChI is InChI=1S/C15H10BrClN4OS/c16-11-4-5-13(22)10(6-11)8-18-21-14(19-20-15(21)23)9-2-1-3-12(17)7-9/h1-8,22H,(H,20,23)/b18-8+. The number of nitrogens with zero attached hydrogens (tertiary/aromatic N) is 3. The van der Waals surface area contributed by atoms with Crippen LogP contribution in [0.4, 0.5) is 0 Å². The predicted molar refractivity (Wildman–Crippen MR) is 96.7 cm³/mol.